The molecule has 1 heterocycles. The highest BCUT2D eigenvalue weighted by Crippen LogP contribution is 2.67. The molecular weight excluding hydrogens is 1020 g/mol. The van der Waals surface area contributed by atoms with Crippen LogP contribution < -0.4 is 25.4 Å². The number of allylic oxidation sites excluding steroid dienone is 4. The number of aryl methyl sites for hydroxylation is 1. The van der Waals surface area contributed by atoms with E-state index >= 15 is 0 Å². The minimum Gasteiger partial charge on any atom is -0.508 e. The highest BCUT2D eigenvalue weighted by Gasteiger charge is 2.59. The fraction of sp³-hybridized carbons (Fsp3) is 0.600. The third kappa shape index (κ3) is 16.8. The van der Waals surface area contributed by atoms with E-state index in [1.165, 1.54) is 89.9 Å². The van der Waals surface area contributed by atoms with Gasteiger partial charge in [-0.15, -0.1) is 5.10 Å². The number of aliphatic hydroxyl groups is 1. The van der Waals surface area contributed by atoms with E-state index in [2.05, 4.69) is 67.0 Å². The molecule has 16 nitrogen and oxygen atoms in total. The molecular formula is C65H92N6O10. The number of hydrogen-bond donors (Lipinski definition) is 6. The lowest BCUT2D eigenvalue weighted by Crippen LogP contribution is -2.51. The van der Waals surface area contributed by atoms with E-state index in [9.17, 15) is 34.5 Å². The molecule has 7 rings (SSSR count). The molecule has 8 atom stereocenters. The number of benzene rings is 2. The molecule has 442 valence electrons. The van der Waals surface area contributed by atoms with Gasteiger partial charge in [0.2, 0.25) is 17.7 Å². The van der Waals surface area contributed by atoms with Gasteiger partial charge in [0.05, 0.1) is 26.0 Å². The number of nitrogens with one attached hydrogen (secondary N) is 3. The van der Waals surface area contributed by atoms with Gasteiger partial charge in [-0.2, -0.15) is 0 Å². The molecule has 16 heteroatoms. The van der Waals surface area contributed by atoms with Crippen molar-refractivity contribution in [3.05, 3.63) is 94.5 Å². The Morgan fingerprint density at radius 2 is 1.42 bits per heavy atom. The summed E-state index contributed by atoms with van der Waals surface area (Å²) in [6.07, 6.45) is 27.6. The number of ether oxygens (including phenoxy) is 3. The van der Waals surface area contributed by atoms with Crippen molar-refractivity contribution in [2.24, 2.45) is 46.3 Å². The van der Waals surface area contributed by atoms with Gasteiger partial charge in [-0.05, 0) is 158 Å². The largest absolute Gasteiger partial charge is 0.508 e. The van der Waals surface area contributed by atoms with Crippen LogP contribution in [0, 0.1) is 46.3 Å². The molecule has 3 aromatic rings. The monoisotopic (exact) mass is 1120 g/mol. The average Bonchev–Trinajstić information content (AvgIpc) is 4.28. The van der Waals surface area contributed by atoms with Crippen molar-refractivity contribution in [1.82, 2.24) is 30.9 Å². The Balaban J connectivity index is 0.741. The molecule has 3 fully saturated rings. The maximum atomic E-state index is 13.6. The molecule has 0 bridgehead atoms. The van der Waals surface area contributed by atoms with Gasteiger partial charge in [-0.1, -0.05) is 108 Å². The Morgan fingerprint density at radius 1 is 0.765 bits per heavy atom. The van der Waals surface area contributed by atoms with Crippen LogP contribution in [-0.4, -0.2) is 100 Å². The third-order valence-electron chi connectivity index (χ3n) is 18.5. The summed E-state index contributed by atoms with van der Waals surface area (Å²) < 4.78 is 18.3. The van der Waals surface area contributed by atoms with Crippen LogP contribution in [0.2, 0.25) is 0 Å². The number of rotatable bonds is 30. The number of phenolic OH excluding ortho intramolecular Hbond substituents is 2. The number of hydrogen-bond acceptors (Lipinski definition) is 12. The lowest BCUT2D eigenvalue weighted by atomic mass is 9.47. The highest BCUT2D eigenvalue weighted by molar-refractivity contribution is 6.07. The van der Waals surface area contributed by atoms with E-state index in [0.29, 0.717) is 35.3 Å². The first-order chi connectivity index (χ1) is 38.9. The van der Waals surface area contributed by atoms with E-state index in [0.717, 1.165) is 80.5 Å². The van der Waals surface area contributed by atoms with Gasteiger partial charge in [0.1, 0.15) is 12.4 Å². The zero-order valence-corrected chi connectivity index (χ0v) is 49.3. The van der Waals surface area contributed by atoms with Gasteiger partial charge in [-0.3, -0.25) is 23.9 Å². The fourth-order valence-electron chi connectivity index (χ4n) is 14.0. The number of phenols is 2. The summed E-state index contributed by atoms with van der Waals surface area (Å²) in [6, 6.07) is 9.39. The number of unbranched alkanes of at least 4 members (excludes halogenated alkanes) is 3. The van der Waals surface area contributed by atoms with Crippen LogP contribution >= 0.6 is 0 Å². The van der Waals surface area contributed by atoms with Crippen molar-refractivity contribution < 1.29 is 48.7 Å². The normalized spacial score (nSPS) is 24.0. The number of aliphatic hydroxyl groups excluding tert-OH is 1. The summed E-state index contributed by atoms with van der Waals surface area (Å²) in [5.41, 5.74) is 4.04. The van der Waals surface area contributed by atoms with Crippen molar-refractivity contribution in [2.45, 2.75) is 163 Å². The minimum atomic E-state index is -0.464. The Hall–Kier alpha value is -6.42. The summed E-state index contributed by atoms with van der Waals surface area (Å²) in [4.78, 5) is 51.4. The number of nitrogens with zero attached hydrogens (tertiary/aromatic N) is 3. The number of carbonyl (C=O) groups is 4. The van der Waals surface area contributed by atoms with Gasteiger partial charge in [0.15, 0.2) is 28.8 Å². The van der Waals surface area contributed by atoms with E-state index in [1.54, 1.807) is 52.9 Å². The molecule has 0 unspecified atom stereocenters. The van der Waals surface area contributed by atoms with E-state index in [4.69, 9.17) is 14.2 Å². The number of amides is 3. The molecule has 1 aromatic heterocycles. The zero-order valence-electron chi connectivity index (χ0n) is 49.3. The molecule has 3 amide bonds. The van der Waals surface area contributed by atoms with Gasteiger partial charge < -0.3 is 45.5 Å². The summed E-state index contributed by atoms with van der Waals surface area (Å²) in [7, 11) is 2.87. The molecule has 0 saturated heterocycles. The topological polar surface area (TPSA) is 223 Å². The first-order valence-electron chi connectivity index (χ1n) is 30.0. The molecule has 0 radical (unpaired) electrons. The highest BCUT2D eigenvalue weighted by atomic mass is 16.5. The van der Waals surface area contributed by atoms with Gasteiger partial charge in [0.25, 0.3) is 0 Å². The van der Waals surface area contributed by atoms with Crippen LogP contribution in [0.25, 0.3) is 12.2 Å². The molecule has 0 aliphatic heterocycles. The van der Waals surface area contributed by atoms with E-state index in [1.807, 2.05) is 0 Å². The van der Waals surface area contributed by atoms with Crippen LogP contribution in [0.5, 0.6) is 23.0 Å². The van der Waals surface area contributed by atoms with Gasteiger partial charge in [-0.25, -0.2) is 0 Å². The summed E-state index contributed by atoms with van der Waals surface area (Å²) in [5.74, 6) is 3.95. The first-order valence-corrected chi connectivity index (χ1v) is 30.0. The number of methoxy groups -OCH3 is 2. The van der Waals surface area contributed by atoms with Crippen molar-refractivity contribution in [1.29, 1.82) is 0 Å². The predicted octanol–water partition coefficient (Wildman–Crippen LogP) is 11.2. The Kier molecular flexibility index (Phi) is 22.7. The van der Waals surface area contributed by atoms with Crippen molar-refractivity contribution >= 4 is 35.7 Å². The van der Waals surface area contributed by atoms with Crippen molar-refractivity contribution in [2.75, 3.05) is 40.5 Å². The molecule has 0 spiro atoms. The maximum Gasteiger partial charge on any atom is 0.246 e. The Bertz CT molecular complexity index is 2750. The predicted molar refractivity (Wildman–Crippen MR) is 315 cm³/mol. The second-order valence-corrected chi connectivity index (χ2v) is 24.3. The lowest BCUT2D eigenvalue weighted by Gasteiger charge is -2.58. The molecule has 3 saturated carbocycles. The number of carbonyl (C=O) groups excluding carboxylic acids is 4. The van der Waals surface area contributed by atoms with Crippen LogP contribution in [0.4, 0.5) is 0 Å². The number of aromatic nitrogens is 3. The molecule has 81 heavy (non-hydrogen) atoms. The van der Waals surface area contributed by atoms with Crippen LogP contribution in [0.15, 0.2) is 77.7 Å². The van der Waals surface area contributed by atoms with Crippen LogP contribution in [0.1, 0.15) is 161 Å². The average molecular weight is 1120 g/mol. The van der Waals surface area contributed by atoms with Crippen LogP contribution in [-0.2, 0) is 36.9 Å². The van der Waals surface area contributed by atoms with Gasteiger partial charge in [0, 0.05) is 57.2 Å². The molecule has 2 aromatic carbocycles. The van der Waals surface area contributed by atoms with Crippen LogP contribution in [0.3, 0.4) is 0 Å². The fourth-order valence-corrected chi connectivity index (χ4v) is 14.0. The lowest BCUT2D eigenvalue weighted by molar-refractivity contribution is -0.129. The van der Waals surface area contributed by atoms with Gasteiger partial charge >= 0.3 is 0 Å². The number of ketones is 1. The summed E-state index contributed by atoms with van der Waals surface area (Å²) in [6.45, 7) is 13.9. The second kappa shape index (κ2) is 29.5. The minimum absolute atomic E-state index is 0.00672. The summed E-state index contributed by atoms with van der Waals surface area (Å²) in [5, 5.41) is 48.2. The Morgan fingerprint density at radius 3 is 2.10 bits per heavy atom. The molecule has 6 N–H and O–H groups in total. The van der Waals surface area contributed by atoms with Crippen molar-refractivity contribution in [3.63, 3.8) is 0 Å². The maximum absolute atomic E-state index is 13.6. The van der Waals surface area contributed by atoms with E-state index < -0.39 is 5.78 Å². The smallest absolute Gasteiger partial charge is 0.246 e. The second-order valence-electron chi connectivity index (χ2n) is 24.3. The molecule has 4 aliphatic carbocycles. The quantitative estimate of drug-likeness (QED) is 0.0121. The SMILES string of the molecule is COc1cc(/C=C/C(=O)C(Cc2cn(CCCCCCNC(=O)CCNC(=O)CCNC(=O)CO[C@H]3CC[C@@]4(C)C(=CC[C@H]5[C@@H]6CC[C@H]([C@H](C)CCCC(C)C)[C@@]6(C)CC[C@@H]54)C3)nn2)=C(O)/C=C/c2ccc(O)c(OC)c2)ccc1O. The summed E-state index contributed by atoms with van der Waals surface area (Å²) >= 11 is 0. The third-order valence-corrected chi connectivity index (χ3v) is 18.5. The zero-order chi connectivity index (χ0) is 58.1. The Labute approximate surface area is 480 Å². The van der Waals surface area contributed by atoms with Crippen molar-refractivity contribution in [3.8, 4) is 23.0 Å². The number of aromatic hydroxyl groups is 2. The molecule has 4 aliphatic rings. The van der Waals surface area contributed by atoms with E-state index in [-0.39, 0.29) is 103 Å². The number of fused-ring (bicyclic) bond motifs is 5. The first kappa shape index (κ1) is 62.2. The standard InChI is InChI=1S/C65H92N6O10/c1-43(2)13-12-14-44(3)52-21-22-53-50-20-19-47-39-49(27-31-64(47,4)54(50)28-32-65(52,53)5)81-42-63(78)68-35-30-62(77)67-34-29-61(76)66-33-10-8-9-11-36-71-41-48(69-70-71)40-51(55(72)23-15-45-17-25-57(74)59(37-45)79-6)56(73)24-16-46-18-26-58(75)60(38-46)80-7/h15-19,23-26,37-38,41,43-44,49-50,52-54,72,74-75H,8-14,20-22,27-36,39-40,42H2,1-7H3,(H,66,76)(H,67,77)(H,68,78)/b23-15+,24-16+,55-51?/t44-,49+,50+,52-,53+,54+,64+,65-/m1/s1.